The van der Waals surface area contributed by atoms with E-state index < -0.39 is 5.82 Å². The molecule has 4 nitrogen and oxygen atoms in total. The number of nitrogens with one attached hydrogen (secondary N) is 1. The van der Waals surface area contributed by atoms with Crippen molar-refractivity contribution in [2.45, 2.75) is 0 Å². The quantitative estimate of drug-likeness (QED) is 0.277. The van der Waals surface area contributed by atoms with Crippen LogP contribution in [-0.2, 0) is 0 Å². The lowest BCUT2D eigenvalue weighted by Crippen LogP contribution is -2.12. The second-order valence-corrected chi connectivity index (χ2v) is 4.90. The molecule has 1 aromatic rings. The van der Waals surface area contributed by atoms with Gasteiger partial charge in [-0.2, -0.15) is 10.5 Å². The summed E-state index contributed by atoms with van der Waals surface area (Å²) in [6, 6.07) is 3.01. The molecule has 0 amide bonds. The molecule has 0 unspecified atom stereocenters. The van der Waals surface area contributed by atoms with E-state index in [1.54, 1.807) is 18.5 Å². The summed E-state index contributed by atoms with van der Waals surface area (Å²) in [5.41, 5.74) is -0.188. The van der Waals surface area contributed by atoms with Crippen LogP contribution < -0.4 is 5.32 Å². The lowest BCUT2D eigenvalue weighted by atomic mass is 10.2. The highest BCUT2D eigenvalue weighted by Crippen LogP contribution is 2.35. The number of halogens is 3. The molecule has 0 fully saturated rings. The maximum absolute atomic E-state index is 13.6. The van der Waals surface area contributed by atoms with E-state index in [4.69, 9.17) is 22.1 Å². The highest BCUT2D eigenvalue weighted by atomic mass is 79.9. The molecule has 0 saturated carbocycles. The maximum atomic E-state index is 13.6. The molecule has 0 atom stereocenters. The molecular weight excluding hydrogens is 343 g/mol. The van der Waals surface area contributed by atoms with Crippen LogP contribution in [0.3, 0.4) is 0 Å². The van der Waals surface area contributed by atoms with Crippen LogP contribution >= 0.6 is 39.3 Å². The number of rotatable bonds is 1. The minimum absolute atomic E-state index is 0.0894. The molecule has 0 aliphatic carbocycles. The average molecular weight is 348 g/mol. The maximum Gasteiger partial charge on any atom is 0.183 e. The second kappa shape index (κ2) is 6.60. The first-order chi connectivity index (χ1) is 8.54. The third-order valence-corrected chi connectivity index (χ3v) is 3.29. The Labute approximate surface area is 121 Å². The van der Waals surface area contributed by atoms with E-state index in [1.807, 2.05) is 0 Å². The van der Waals surface area contributed by atoms with Gasteiger partial charge in [-0.05, 0) is 28.3 Å². The van der Waals surface area contributed by atoms with Crippen LogP contribution in [0.15, 0.2) is 15.5 Å². The Morgan fingerprint density at radius 2 is 2.28 bits per heavy atom. The van der Waals surface area contributed by atoms with Crippen LogP contribution in [0.25, 0.3) is 0 Å². The van der Waals surface area contributed by atoms with Crippen molar-refractivity contribution in [2.24, 2.45) is 4.99 Å². The number of hydrogen-bond donors (Lipinski definition) is 1. The zero-order valence-corrected chi connectivity index (χ0v) is 12.1. The average Bonchev–Trinajstić information content (AvgIpc) is 2.35. The van der Waals surface area contributed by atoms with Crippen LogP contribution in [0.5, 0.6) is 0 Å². The first-order valence-electron chi connectivity index (χ1n) is 4.40. The Bertz CT molecular complexity index is 591. The molecule has 0 spiro atoms. The fourth-order valence-electron chi connectivity index (χ4n) is 1.07. The Balaban J connectivity index is 3.47. The minimum Gasteiger partial charge on any atom is -0.271 e. The molecule has 92 valence electrons. The number of aliphatic imine (C=N–C) groups is 1. The van der Waals surface area contributed by atoms with Gasteiger partial charge in [0.25, 0.3) is 0 Å². The third-order valence-electron chi connectivity index (χ3n) is 1.83. The fourth-order valence-corrected chi connectivity index (χ4v) is 2.25. The zero-order chi connectivity index (χ0) is 13.7. The topological polar surface area (TPSA) is 72.0 Å². The predicted octanol–water partition coefficient (Wildman–Crippen LogP) is 3.53. The SMILES string of the molecule is CSC(=Nc1c(Br)cc(Cl)c(F)c1C#N)NC#N. The number of nitrogens with zero attached hydrogens (tertiary/aromatic N) is 3. The first-order valence-corrected chi connectivity index (χ1v) is 6.80. The van der Waals surface area contributed by atoms with Crippen molar-refractivity contribution >= 4 is 50.1 Å². The molecule has 0 aliphatic rings. The van der Waals surface area contributed by atoms with E-state index in [0.29, 0.717) is 4.47 Å². The van der Waals surface area contributed by atoms with Gasteiger partial charge < -0.3 is 0 Å². The van der Waals surface area contributed by atoms with E-state index in [1.165, 1.54) is 6.07 Å². The number of amidine groups is 1. The molecule has 0 bridgehead atoms. The van der Waals surface area contributed by atoms with Gasteiger partial charge in [0.05, 0.1) is 5.02 Å². The van der Waals surface area contributed by atoms with Crippen molar-refractivity contribution in [3.05, 3.63) is 26.9 Å². The smallest absolute Gasteiger partial charge is 0.183 e. The number of nitriles is 2. The summed E-state index contributed by atoms with van der Waals surface area (Å²) in [6.07, 6.45) is 3.39. The Kier molecular flexibility index (Phi) is 5.42. The number of benzene rings is 1. The van der Waals surface area contributed by atoms with E-state index in [2.05, 4.69) is 26.2 Å². The van der Waals surface area contributed by atoms with Crippen LogP contribution in [0.4, 0.5) is 10.1 Å². The monoisotopic (exact) mass is 346 g/mol. The van der Waals surface area contributed by atoms with Crippen LogP contribution in [0.1, 0.15) is 5.56 Å². The van der Waals surface area contributed by atoms with Gasteiger partial charge in [0.1, 0.15) is 17.3 Å². The summed E-state index contributed by atoms with van der Waals surface area (Å²) in [4.78, 5) is 4.02. The molecular formula is C10H5BrClFN4S. The summed E-state index contributed by atoms with van der Waals surface area (Å²) >= 11 is 9.93. The molecule has 1 N–H and O–H groups in total. The normalized spacial score (nSPS) is 10.7. The minimum atomic E-state index is -0.835. The van der Waals surface area contributed by atoms with Gasteiger partial charge in [-0.25, -0.2) is 9.38 Å². The van der Waals surface area contributed by atoms with Crippen LogP contribution in [0.2, 0.25) is 5.02 Å². The molecule has 0 aliphatic heterocycles. The van der Waals surface area contributed by atoms with E-state index >= 15 is 0 Å². The molecule has 18 heavy (non-hydrogen) atoms. The van der Waals surface area contributed by atoms with E-state index in [9.17, 15) is 4.39 Å². The largest absolute Gasteiger partial charge is 0.271 e. The van der Waals surface area contributed by atoms with Gasteiger partial charge in [0.2, 0.25) is 0 Å². The van der Waals surface area contributed by atoms with Crippen molar-refractivity contribution in [3.63, 3.8) is 0 Å². The predicted molar refractivity (Wildman–Crippen MR) is 73.2 cm³/mol. The lowest BCUT2D eigenvalue weighted by molar-refractivity contribution is 0.624. The van der Waals surface area contributed by atoms with Gasteiger partial charge in [-0.15, -0.1) is 0 Å². The lowest BCUT2D eigenvalue weighted by Gasteiger charge is -2.06. The molecule has 0 aromatic heterocycles. The summed E-state index contributed by atoms with van der Waals surface area (Å²) in [7, 11) is 0. The number of thioether (sulfide) groups is 1. The second-order valence-electron chi connectivity index (χ2n) is 2.85. The molecule has 1 aromatic carbocycles. The van der Waals surface area contributed by atoms with Gasteiger partial charge >= 0.3 is 0 Å². The van der Waals surface area contributed by atoms with Crippen molar-refractivity contribution in [1.82, 2.24) is 5.32 Å². The molecule has 0 radical (unpaired) electrons. The summed E-state index contributed by atoms with van der Waals surface area (Å²) in [5.74, 6) is -0.835. The standard InChI is InChI=1S/C10H5BrClFN4S/c1-18-10(16-4-15)17-9-5(3-14)8(13)7(12)2-6(9)11/h2H,1H3,(H,16,17). The van der Waals surface area contributed by atoms with Crippen LogP contribution in [-0.4, -0.2) is 11.4 Å². The van der Waals surface area contributed by atoms with Gasteiger partial charge in [-0.1, -0.05) is 23.4 Å². The molecule has 0 saturated heterocycles. The molecule has 8 heteroatoms. The van der Waals surface area contributed by atoms with Crippen molar-refractivity contribution in [1.29, 1.82) is 10.5 Å². The van der Waals surface area contributed by atoms with Crippen molar-refractivity contribution in [3.8, 4) is 12.3 Å². The van der Waals surface area contributed by atoms with Crippen molar-refractivity contribution < 1.29 is 4.39 Å². The zero-order valence-electron chi connectivity index (χ0n) is 8.96. The fraction of sp³-hybridized carbons (Fsp3) is 0.100. The summed E-state index contributed by atoms with van der Waals surface area (Å²) in [5, 5.41) is 19.8. The highest BCUT2D eigenvalue weighted by molar-refractivity contribution is 9.10. The number of hydrogen-bond acceptors (Lipinski definition) is 4. The van der Waals surface area contributed by atoms with Crippen LogP contribution in [0, 0.1) is 28.6 Å². The van der Waals surface area contributed by atoms with Gasteiger partial charge in [-0.3, -0.25) is 5.32 Å². The van der Waals surface area contributed by atoms with Gasteiger partial charge in [0, 0.05) is 4.47 Å². The Morgan fingerprint density at radius 1 is 1.61 bits per heavy atom. The molecule has 0 heterocycles. The van der Waals surface area contributed by atoms with Crippen molar-refractivity contribution in [2.75, 3.05) is 6.26 Å². The summed E-state index contributed by atoms with van der Waals surface area (Å²) < 4.78 is 14.0. The summed E-state index contributed by atoms with van der Waals surface area (Å²) in [6.45, 7) is 0. The third kappa shape index (κ3) is 3.14. The highest BCUT2D eigenvalue weighted by Gasteiger charge is 2.16. The Hall–Kier alpha value is -1.28. The van der Waals surface area contributed by atoms with E-state index in [-0.39, 0.29) is 21.4 Å². The molecule has 1 rings (SSSR count). The Morgan fingerprint density at radius 3 is 2.78 bits per heavy atom. The first kappa shape index (κ1) is 14.8. The van der Waals surface area contributed by atoms with E-state index in [0.717, 1.165) is 11.8 Å². The van der Waals surface area contributed by atoms with Gasteiger partial charge in [0.15, 0.2) is 17.2 Å².